The highest BCUT2D eigenvalue weighted by atomic mass is 79.9. The number of hydrogen-bond donors (Lipinski definition) is 2. The zero-order valence-electron chi connectivity index (χ0n) is 11.0. The van der Waals surface area contributed by atoms with Gasteiger partial charge in [0.05, 0.1) is 10.3 Å². The number of carbonyl (C=O) groups excluding carboxylic acids is 2. The molecule has 3 amide bonds. The number of thiophene rings is 1. The Morgan fingerprint density at radius 1 is 1.42 bits per heavy atom. The van der Waals surface area contributed by atoms with Crippen molar-refractivity contribution in [2.45, 2.75) is 19.9 Å². The van der Waals surface area contributed by atoms with E-state index < -0.39 is 6.03 Å². The van der Waals surface area contributed by atoms with Gasteiger partial charge in [-0.15, -0.1) is 11.3 Å². The second-order valence-electron chi connectivity index (χ2n) is 4.18. The van der Waals surface area contributed by atoms with Crippen LogP contribution in [0.25, 0.3) is 0 Å². The first kappa shape index (κ1) is 16.1. The van der Waals surface area contributed by atoms with Gasteiger partial charge in [-0.1, -0.05) is 6.92 Å². The predicted molar refractivity (Wildman–Crippen MR) is 80.2 cm³/mol. The van der Waals surface area contributed by atoms with Crippen LogP contribution in [0.15, 0.2) is 15.9 Å². The molecule has 1 rings (SSSR count). The van der Waals surface area contributed by atoms with Crippen molar-refractivity contribution in [2.24, 2.45) is 0 Å². The lowest BCUT2D eigenvalue weighted by Crippen LogP contribution is -2.43. The minimum atomic E-state index is -0.431. The van der Waals surface area contributed by atoms with E-state index in [1.807, 2.05) is 31.0 Å². The van der Waals surface area contributed by atoms with E-state index in [1.54, 1.807) is 11.3 Å². The van der Waals surface area contributed by atoms with Crippen molar-refractivity contribution >= 4 is 39.2 Å². The molecule has 1 aromatic rings. The van der Waals surface area contributed by atoms with Crippen LogP contribution in [0.3, 0.4) is 0 Å². The number of nitrogens with one attached hydrogen (secondary N) is 2. The highest BCUT2D eigenvalue weighted by Crippen LogP contribution is 2.22. The van der Waals surface area contributed by atoms with E-state index in [0.717, 1.165) is 15.1 Å². The number of likely N-dealkylation sites (N-methyl/N-ethyl adjacent to an activating group) is 1. The average Bonchev–Trinajstić information content (AvgIpc) is 2.71. The topological polar surface area (TPSA) is 61.4 Å². The molecule has 0 unspecified atom stereocenters. The molecular formula is C12H18BrN3O2S. The molecule has 19 heavy (non-hydrogen) atoms. The second-order valence-corrected chi connectivity index (χ2v) is 6.73. The zero-order valence-corrected chi connectivity index (χ0v) is 13.4. The number of urea groups is 1. The van der Waals surface area contributed by atoms with Crippen molar-refractivity contribution < 1.29 is 9.59 Å². The largest absolute Gasteiger partial charge is 0.338 e. The Kier molecular flexibility index (Phi) is 7.04. The summed E-state index contributed by atoms with van der Waals surface area (Å²) in [4.78, 5) is 25.9. The molecule has 0 bridgehead atoms. The van der Waals surface area contributed by atoms with Gasteiger partial charge in [0.25, 0.3) is 0 Å². The maximum atomic E-state index is 11.6. The summed E-state index contributed by atoms with van der Waals surface area (Å²) in [6.07, 6.45) is 0.842. The van der Waals surface area contributed by atoms with Crippen LogP contribution in [-0.4, -0.2) is 37.0 Å². The maximum Gasteiger partial charge on any atom is 0.321 e. The van der Waals surface area contributed by atoms with Crippen molar-refractivity contribution in [3.05, 3.63) is 20.8 Å². The van der Waals surface area contributed by atoms with Crippen molar-refractivity contribution in [1.29, 1.82) is 0 Å². The van der Waals surface area contributed by atoms with Crippen molar-refractivity contribution in [2.75, 3.05) is 20.1 Å². The molecule has 2 N–H and O–H groups in total. The fraction of sp³-hybridized carbons (Fsp3) is 0.500. The van der Waals surface area contributed by atoms with Gasteiger partial charge in [0, 0.05) is 18.0 Å². The lowest BCUT2D eigenvalue weighted by Gasteiger charge is -2.14. The number of amides is 3. The Labute approximate surface area is 125 Å². The molecule has 0 fully saturated rings. The molecule has 0 aliphatic rings. The maximum absolute atomic E-state index is 11.6. The van der Waals surface area contributed by atoms with Crippen molar-refractivity contribution in [3.8, 4) is 0 Å². The smallest absolute Gasteiger partial charge is 0.321 e. The molecule has 0 saturated carbocycles. The lowest BCUT2D eigenvalue weighted by atomic mass is 10.4. The number of rotatable bonds is 6. The van der Waals surface area contributed by atoms with Crippen LogP contribution in [0.5, 0.6) is 0 Å². The molecule has 7 heteroatoms. The first-order chi connectivity index (χ1) is 9.01. The van der Waals surface area contributed by atoms with Gasteiger partial charge in [0.15, 0.2) is 0 Å². The van der Waals surface area contributed by atoms with E-state index in [-0.39, 0.29) is 12.5 Å². The summed E-state index contributed by atoms with van der Waals surface area (Å²) in [5, 5.41) is 4.90. The highest BCUT2D eigenvalue weighted by molar-refractivity contribution is 9.11. The Morgan fingerprint density at radius 2 is 2.16 bits per heavy atom. The standard InChI is InChI=1S/C12H18BrN3O2S/c1-3-6-14-12(18)15-11(17)8-16(2)7-9-4-5-10(13)19-9/h4-5H,3,6-8H2,1-2H3,(H2,14,15,17,18). The van der Waals surface area contributed by atoms with Crippen LogP contribution in [-0.2, 0) is 11.3 Å². The first-order valence-electron chi connectivity index (χ1n) is 6.01. The van der Waals surface area contributed by atoms with Gasteiger partial charge in [-0.3, -0.25) is 15.0 Å². The third-order valence-corrected chi connectivity index (χ3v) is 3.87. The summed E-state index contributed by atoms with van der Waals surface area (Å²) in [6, 6.07) is 3.56. The van der Waals surface area contributed by atoms with Gasteiger partial charge in [0.1, 0.15) is 0 Å². The molecule has 0 aliphatic carbocycles. The highest BCUT2D eigenvalue weighted by Gasteiger charge is 2.11. The van der Waals surface area contributed by atoms with E-state index in [2.05, 4.69) is 26.6 Å². The SMILES string of the molecule is CCCNC(=O)NC(=O)CN(C)Cc1ccc(Br)s1. The van der Waals surface area contributed by atoms with E-state index in [0.29, 0.717) is 13.1 Å². The zero-order chi connectivity index (χ0) is 14.3. The van der Waals surface area contributed by atoms with Crippen LogP contribution < -0.4 is 10.6 Å². The fourth-order valence-corrected chi connectivity index (χ4v) is 3.02. The van der Waals surface area contributed by atoms with Gasteiger partial charge in [-0.2, -0.15) is 0 Å². The van der Waals surface area contributed by atoms with Crippen LogP contribution >= 0.6 is 27.3 Å². The predicted octanol–water partition coefficient (Wildman–Crippen LogP) is 2.18. The molecular weight excluding hydrogens is 330 g/mol. The molecule has 0 atom stereocenters. The Morgan fingerprint density at radius 3 is 2.74 bits per heavy atom. The second kappa shape index (κ2) is 8.29. The Hall–Kier alpha value is -0.920. The molecule has 106 valence electrons. The summed E-state index contributed by atoms with van der Waals surface area (Å²) in [5.41, 5.74) is 0. The summed E-state index contributed by atoms with van der Waals surface area (Å²) in [7, 11) is 1.84. The lowest BCUT2D eigenvalue weighted by molar-refractivity contribution is -0.120. The molecule has 0 aromatic carbocycles. The van der Waals surface area contributed by atoms with E-state index in [9.17, 15) is 9.59 Å². The quantitative estimate of drug-likeness (QED) is 0.828. The summed E-state index contributed by atoms with van der Waals surface area (Å²) < 4.78 is 1.07. The monoisotopic (exact) mass is 347 g/mol. The van der Waals surface area contributed by atoms with Gasteiger partial charge in [-0.05, 0) is 41.5 Å². The number of halogens is 1. The van der Waals surface area contributed by atoms with Crippen molar-refractivity contribution in [3.63, 3.8) is 0 Å². The number of hydrogen-bond acceptors (Lipinski definition) is 4. The molecule has 1 heterocycles. The van der Waals surface area contributed by atoms with Crippen LogP contribution in [0.2, 0.25) is 0 Å². The number of nitrogens with zero attached hydrogens (tertiary/aromatic N) is 1. The van der Waals surface area contributed by atoms with Crippen LogP contribution in [0, 0.1) is 0 Å². The van der Waals surface area contributed by atoms with Crippen LogP contribution in [0.1, 0.15) is 18.2 Å². The molecule has 0 aliphatic heterocycles. The van der Waals surface area contributed by atoms with E-state index >= 15 is 0 Å². The van der Waals surface area contributed by atoms with Gasteiger partial charge < -0.3 is 5.32 Å². The average molecular weight is 348 g/mol. The van der Waals surface area contributed by atoms with E-state index in [1.165, 1.54) is 0 Å². The van der Waals surface area contributed by atoms with Crippen molar-refractivity contribution in [1.82, 2.24) is 15.5 Å². The van der Waals surface area contributed by atoms with Gasteiger partial charge >= 0.3 is 6.03 Å². The number of imide groups is 1. The summed E-state index contributed by atoms with van der Waals surface area (Å²) in [6.45, 7) is 3.39. The first-order valence-corrected chi connectivity index (χ1v) is 7.62. The molecule has 1 aromatic heterocycles. The fourth-order valence-electron chi connectivity index (χ4n) is 1.45. The van der Waals surface area contributed by atoms with Crippen LogP contribution in [0.4, 0.5) is 4.79 Å². The Bertz CT molecular complexity index is 436. The third kappa shape index (κ3) is 6.70. The molecule has 5 nitrogen and oxygen atoms in total. The molecule has 0 saturated heterocycles. The molecule has 0 radical (unpaired) electrons. The normalized spacial score (nSPS) is 10.5. The minimum absolute atomic E-state index is 0.190. The Balaban J connectivity index is 2.29. The van der Waals surface area contributed by atoms with Gasteiger partial charge in [-0.25, -0.2) is 4.79 Å². The number of carbonyl (C=O) groups is 2. The minimum Gasteiger partial charge on any atom is -0.338 e. The molecule has 0 spiro atoms. The van der Waals surface area contributed by atoms with Gasteiger partial charge in [0.2, 0.25) is 5.91 Å². The third-order valence-electron chi connectivity index (χ3n) is 2.26. The van der Waals surface area contributed by atoms with E-state index in [4.69, 9.17) is 0 Å². The summed E-state index contributed by atoms with van der Waals surface area (Å²) in [5.74, 6) is -0.299. The summed E-state index contributed by atoms with van der Waals surface area (Å²) >= 11 is 5.03.